The fraction of sp³-hybridized carbons (Fsp3) is 0.308. The lowest BCUT2D eigenvalue weighted by molar-refractivity contribution is -0.206. The van der Waals surface area contributed by atoms with Gasteiger partial charge in [0.05, 0.1) is 13.2 Å². The molecule has 0 saturated carbocycles. The maximum Gasteiger partial charge on any atom is 0.432 e. The summed E-state index contributed by atoms with van der Waals surface area (Å²) >= 11 is 0. The van der Waals surface area contributed by atoms with Crippen LogP contribution in [0.3, 0.4) is 0 Å². The summed E-state index contributed by atoms with van der Waals surface area (Å²) in [6.07, 6.45) is -3.66. The van der Waals surface area contributed by atoms with E-state index in [0.717, 1.165) is 18.9 Å². The third-order valence-electron chi connectivity index (χ3n) is 5.81. The third kappa shape index (κ3) is 5.67. The molecule has 198 valence electrons. The highest BCUT2D eigenvalue weighted by atomic mass is 19.3. The molecule has 0 bridgehead atoms. The van der Waals surface area contributed by atoms with Gasteiger partial charge in [0.15, 0.2) is 23.7 Å². The minimum absolute atomic E-state index is 0.219. The highest BCUT2D eigenvalue weighted by Gasteiger charge is 2.41. The number of phenolic OH excluding ortho intramolecular Hbond substituents is 1. The van der Waals surface area contributed by atoms with Crippen LogP contribution in [0.4, 0.5) is 30.7 Å². The standard InChI is InChI=1S/C26H21F7O4/c1-2-3-13-11-35-25(36-12-13)14-4-5-17(18(27)6-14)15-7-19(28)23(20(29)8-15)26(32,33)37-16-9-21(30)24(34)22(31)10-16/h4-10,13,25,34H,2-3,11-12H2,1H3. The number of aromatic hydroxyl groups is 1. The van der Waals surface area contributed by atoms with Crippen LogP contribution in [0.15, 0.2) is 42.5 Å². The lowest BCUT2D eigenvalue weighted by Gasteiger charge is -2.29. The van der Waals surface area contributed by atoms with Gasteiger partial charge in [-0.3, -0.25) is 0 Å². The molecular formula is C26H21F7O4. The minimum Gasteiger partial charge on any atom is -0.503 e. The zero-order valence-corrected chi connectivity index (χ0v) is 19.3. The molecule has 1 N–H and O–H groups in total. The second kappa shape index (κ2) is 10.6. The summed E-state index contributed by atoms with van der Waals surface area (Å²) in [5.41, 5.74) is -2.18. The van der Waals surface area contributed by atoms with Crippen molar-refractivity contribution in [3.63, 3.8) is 0 Å². The highest BCUT2D eigenvalue weighted by molar-refractivity contribution is 5.65. The molecule has 1 saturated heterocycles. The van der Waals surface area contributed by atoms with E-state index in [1.807, 2.05) is 6.92 Å². The molecule has 1 aliphatic heterocycles. The molecule has 1 heterocycles. The lowest BCUT2D eigenvalue weighted by atomic mass is 10.00. The summed E-state index contributed by atoms with van der Waals surface area (Å²) < 4.78 is 116. The smallest absolute Gasteiger partial charge is 0.432 e. The maximum absolute atomic E-state index is 14.9. The summed E-state index contributed by atoms with van der Waals surface area (Å²) in [7, 11) is 0. The van der Waals surface area contributed by atoms with Gasteiger partial charge in [-0.2, -0.15) is 8.78 Å². The van der Waals surface area contributed by atoms with Gasteiger partial charge in [0.2, 0.25) is 0 Å². The SMILES string of the molecule is CCCC1COC(c2ccc(-c3cc(F)c(C(F)(F)Oc4cc(F)c(O)c(F)c4)c(F)c3)c(F)c2)OC1. The van der Waals surface area contributed by atoms with Crippen LogP contribution in [0.25, 0.3) is 11.1 Å². The van der Waals surface area contributed by atoms with Crippen molar-refractivity contribution in [1.82, 2.24) is 0 Å². The summed E-state index contributed by atoms with van der Waals surface area (Å²) in [6, 6.07) is 5.10. The lowest BCUT2D eigenvalue weighted by Crippen LogP contribution is -2.27. The summed E-state index contributed by atoms with van der Waals surface area (Å²) in [6.45, 7) is 2.89. The van der Waals surface area contributed by atoms with Crippen molar-refractivity contribution in [2.24, 2.45) is 5.92 Å². The Labute approximate surface area is 207 Å². The Morgan fingerprint density at radius 1 is 0.865 bits per heavy atom. The summed E-state index contributed by atoms with van der Waals surface area (Å²) in [5, 5.41) is 9.06. The van der Waals surface area contributed by atoms with Crippen LogP contribution in [0.2, 0.25) is 0 Å². The Hall–Kier alpha value is -3.31. The Bertz CT molecular complexity index is 1240. The maximum atomic E-state index is 14.9. The van der Waals surface area contributed by atoms with Gasteiger partial charge in [0.1, 0.15) is 28.8 Å². The highest BCUT2D eigenvalue weighted by Crippen LogP contribution is 2.39. The molecule has 0 spiro atoms. The number of rotatable bonds is 7. The van der Waals surface area contributed by atoms with Crippen LogP contribution in [0, 0.1) is 35.0 Å². The molecule has 0 atom stereocenters. The van der Waals surface area contributed by atoms with E-state index in [1.54, 1.807) is 0 Å². The number of phenols is 1. The predicted octanol–water partition coefficient (Wildman–Crippen LogP) is 7.34. The van der Waals surface area contributed by atoms with Crippen LogP contribution in [-0.4, -0.2) is 18.3 Å². The van der Waals surface area contributed by atoms with Crippen LogP contribution in [0.1, 0.15) is 37.2 Å². The van der Waals surface area contributed by atoms with Gasteiger partial charge in [-0.05, 0) is 30.2 Å². The van der Waals surface area contributed by atoms with E-state index in [1.165, 1.54) is 12.1 Å². The summed E-state index contributed by atoms with van der Waals surface area (Å²) in [4.78, 5) is 0. The number of benzene rings is 3. The first-order chi connectivity index (χ1) is 17.5. The van der Waals surface area contributed by atoms with E-state index in [9.17, 15) is 30.7 Å². The largest absolute Gasteiger partial charge is 0.503 e. The molecule has 3 aromatic rings. The molecular weight excluding hydrogens is 509 g/mol. The fourth-order valence-electron chi connectivity index (χ4n) is 4.03. The number of hydrogen-bond acceptors (Lipinski definition) is 4. The number of alkyl halides is 2. The van der Waals surface area contributed by atoms with Crippen molar-refractivity contribution in [3.8, 4) is 22.6 Å². The van der Waals surface area contributed by atoms with Gasteiger partial charge in [-0.25, -0.2) is 22.0 Å². The molecule has 0 radical (unpaired) electrons. The van der Waals surface area contributed by atoms with Gasteiger partial charge in [0, 0.05) is 29.2 Å². The fourth-order valence-corrected chi connectivity index (χ4v) is 4.03. The van der Waals surface area contributed by atoms with Crippen molar-refractivity contribution < 1.29 is 50.1 Å². The Morgan fingerprint density at radius 3 is 2.00 bits per heavy atom. The second-order valence-electron chi connectivity index (χ2n) is 8.56. The average molecular weight is 530 g/mol. The Kier molecular flexibility index (Phi) is 7.65. The van der Waals surface area contributed by atoms with Crippen LogP contribution < -0.4 is 4.74 Å². The minimum atomic E-state index is -4.71. The van der Waals surface area contributed by atoms with E-state index in [4.69, 9.17) is 14.6 Å². The first-order valence-electron chi connectivity index (χ1n) is 11.3. The first-order valence-corrected chi connectivity index (χ1v) is 11.3. The molecule has 11 heteroatoms. The van der Waals surface area contributed by atoms with Gasteiger partial charge >= 0.3 is 6.11 Å². The van der Waals surface area contributed by atoms with Gasteiger partial charge in [-0.1, -0.05) is 25.5 Å². The number of ether oxygens (including phenoxy) is 3. The molecule has 3 aromatic carbocycles. The van der Waals surface area contributed by atoms with Crippen molar-refractivity contribution in [3.05, 3.63) is 82.7 Å². The molecule has 1 aliphatic rings. The van der Waals surface area contributed by atoms with Gasteiger partial charge < -0.3 is 19.3 Å². The summed E-state index contributed by atoms with van der Waals surface area (Å²) in [5.74, 6) is -10.1. The zero-order chi connectivity index (χ0) is 26.9. The first kappa shape index (κ1) is 26.7. The van der Waals surface area contributed by atoms with Crippen molar-refractivity contribution >= 4 is 0 Å². The molecule has 0 aliphatic carbocycles. The number of hydrogen-bond donors (Lipinski definition) is 1. The molecule has 4 nitrogen and oxygen atoms in total. The predicted molar refractivity (Wildman–Crippen MR) is 117 cm³/mol. The van der Waals surface area contributed by atoms with E-state index in [0.29, 0.717) is 30.9 Å². The van der Waals surface area contributed by atoms with Crippen molar-refractivity contribution in [1.29, 1.82) is 0 Å². The van der Waals surface area contributed by atoms with Crippen molar-refractivity contribution in [2.45, 2.75) is 32.2 Å². The van der Waals surface area contributed by atoms with Crippen LogP contribution >= 0.6 is 0 Å². The Balaban J connectivity index is 1.57. The zero-order valence-electron chi connectivity index (χ0n) is 19.3. The quantitative estimate of drug-likeness (QED) is 0.325. The monoisotopic (exact) mass is 530 g/mol. The second-order valence-corrected chi connectivity index (χ2v) is 8.56. The van der Waals surface area contributed by atoms with Crippen LogP contribution in [0.5, 0.6) is 11.5 Å². The topological polar surface area (TPSA) is 47.9 Å². The molecule has 1 fully saturated rings. The Morgan fingerprint density at radius 2 is 1.46 bits per heavy atom. The van der Waals surface area contributed by atoms with E-state index in [2.05, 4.69) is 4.74 Å². The van der Waals surface area contributed by atoms with Gasteiger partial charge in [-0.15, -0.1) is 0 Å². The van der Waals surface area contributed by atoms with Crippen molar-refractivity contribution in [2.75, 3.05) is 13.2 Å². The van der Waals surface area contributed by atoms with E-state index >= 15 is 0 Å². The van der Waals surface area contributed by atoms with E-state index < -0.39 is 58.5 Å². The number of halogens is 7. The molecule has 0 aromatic heterocycles. The average Bonchev–Trinajstić information content (AvgIpc) is 2.82. The molecule has 4 rings (SSSR count). The third-order valence-corrected chi connectivity index (χ3v) is 5.81. The molecule has 0 unspecified atom stereocenters. The molecule has 0 amide bonds. The van der Waals surface area contributed by atoms with Crippen LogP contribution in [-0.2, 0) is 15.6 Å². The normalized spacial score (nSPS) is 18.2. The van der Waals surface area contributed by atoms with Gasteiger partial charge in [0.25, 0.3) is 0 Å². The molecule has 37 heavy (non-hydrogen) atoms. The van der Waals surface area contributed by atoms with E-state index in [-0.39, 0.29) is 29.2 Å².